The molecule has 4 aliphatic rings. The van der Waals surface area contributed by atoms with Crippen LogP contribution in [0.1, 0.15) is 18.4 Å². The van der Waals surface area contributed by atoms with Crippen LogP contribution in [-0.2, 0) is 4.79 Å². The van der Waals surface area contributed by atoms with Crippen LogP contribution in [0.2, 0.25) is 0 Å². The molecule has 3 amide bonds. The highest BCUT2D eigenvalue weighted by molar-refractivity contribution is 6.21. The summed E-state index contributed by atoms with van der Waals surface area (Å²) in [7, 11) is 0. The van der Waals surface area contributed by atoms with Crippen LogP contribution in [0.15, 0.2) is 82.2 Å². The first kappa shape index (κ1) is 17.9. The summed E-state index contributed by atoms with van der Waals surface area (Å²) in [6, 6.07) is 19.1. The summed E-state index contributed by atoms with van der Waals surface area (Å²) >= 11 is 0. The van der Waals surface area contributed by atoms with Crippen LogP contribution in [0.3, 0.4) is 0 Å². The van der Waals surface area contributed by atoms with Crippen LogP contribution < -0.4 is 10.3 Å². The normalized spacial score (nSPS) is 22.5. The number of para-hydroxylation sites is 1. The number of nitrogens with one attached hydrogen (secondary N) is 1. The first-order chi connectivity index (χ1) is 15.2. The van der Waals surface area contributed by atoms with Gasteiger partial charge in [0, 0.05) is 12.1 Å². The number of amides is 3. The fourth-order valence-electron chi connectivity index (χ4n) is 4.73. The molecule has 4 aliphatic heterocycles. The molecule has 1 saturated heterocycles. The number of amidine groups is 2. The van der Waals surface area contributed by atoms with E-state index in [1.807, 2.05) is 70.5 Å². The summed E-state index contributed by atoms with van der Waals surface area (Å²) in [6.45, 7) is 0.827. The average Bonchev–Trinajstić information content (AvgIpc) is 3.30. The molecule has 1 unspecified atom stereocenters. The third kappa shape index (κ3) is 2.68. The molecule has 154 valence electrons. The van der Waals surface area contributed by atoms with Gasteiger partial charge in [0.2, 0.25) is 0 Å². The Balaban J connectivity index is 1.62. The fourth-order valence-corrected chi connectivity index (χ4v) is 4.73. The van der Waals surface area contributed by atoms with Crippen LogP contribution in [-0.4, -0.2) is 52.5 Å². The molecular weight excluding hydrogens is 392 g/mol. The van der Waals surface area contributed by atoms with Crippen molar-refractivity contribution in [3.63, 3.8) is 0 Å². The zero-order valence-corrected chi connectivity index (χ0v) is 16.7. The number of hydrogen-bond donors (Lipinski definition) is 1. The lowest BCUT2D eigenvalue weighted by Crippen LogP contribution is -2.59. The van der Waals surface area contributed by atoms with Gasteiger partial charge in [-0.05, 0) is 25.0 Å². The SMILES string of the molecule is O=C1CN2C(=NN1)C1=C(N=C2c2ccccc2)N(c2ccccc2)C(=O)N2CCCC12. The minimum Gasteiger partial charge on any atom is -0.317 e. The summed E-state index contributed by atoms with van der Waals surface area (Å²) in [5.74, 6) is 1.68. The number of benzene rings is 2. The van der Waals surface area contributed by atoms with Gasteiger partial charge in [0.25, 0.3) is 5.91 Å². The van der Waals surface area contributed by atoms with Gasteiger partial charge in [-0.15, -0.1) is 0 Å². The highest BCUT2D eigenvalue weighted by Crippen LogP contribution is 2.40. The first-order valence-electron chi connectivity index (χ1n) is 10.4. The third-order valence-corrected chi connectivity index (χ3v) is 6.07. The molecule has 2 aromatic rings. The van der Waals surface area contributed by atoms with Gasteiger partial charge >= 0.3 is 6.03 Å². The number of fused-ring (bicyclic) bond motifs is 4. The van der Waals surface area contributed by atoms with Crippen molar-refractivity contribution in [1.29, 1.82) is 0 Å². The maximum atomic E-state index is 13.5. The van der Waals surface area contributed by atoms with Crippen LogP contribution in [0.5, 0.6) is 0 Å². The van der Waals surface area contributed by atoms with Crippen molar-refractivity contribution in [3.8, 4) is 0 Å². The summed E-state index contributed by atoms with van der Waals surface area (Å²) in [5, 5.41) is 4.45. The Morgan fingerprint density at radius 3 is 2.45 bits per heavy atom. The zero-order chi connectivity index (χ0) is 20.9. The molecule has 8 nitrogen and oxygen atoms in total. The van der Waals surface area contributed by atoms with Gasteiger partial charge in [0.15, 0.2) is 11.7 Å². The predicted octanol–water partition coefficient (Wildman–Crippen LogP) is 2.51. The van der Waals surface area contributed by atoms with E-state index in [0.29, 0.717) is 24.0 Å². The maximum Gasteiger partial charge on any atom is 0.330 e. The topological polar surface area (TPSA) is 80.6 Å². The van der Waals surface area contributed by atoms with Crippen molar-refractivity contribution in [2.45, 2.75) is 18.9 Å². The minimum atomic E-state index is -0.188. The number of aliphatic imine (C=N–C) groups is 1. The van der Waals surface area contributed by atoms with E-state index in [4.69, 9.17) is 4.99 Å². The van der Waals surface area contributed by atoms with Crippen molar-refractivity contribution in [2.24, 2.45) is 10.1 Å². The molecule has 1 N–H and O–H groups in total. The van der Waals surface area contributed by atoms with Crippen molar-refractivity contribution in [1.82, 2.24) is 15.2 Å². The number of anilines is 1. The zero-order valence-electron chi connectivity index (χ0n) is 16.7. The third-order valence-electron chi connectivity index (χ3n) is 6.07. The van der Waals surface area contributed by atoms with Gasteiger partial charge in [-0.1, -0.05) is 48.5 Å². The Labute approximate surface area is 179 Å². The monoisotopic (exact) mass is 412 g/mol. The van der Waals surface area contributed by atoms with Crippen LogP contribution in [0, 0.1) is 0 Å². The average molecular weight is 412 g/mol. The largest absolute Gasteiger partial charge is 0.330 e. The molecule has 0 aliphatic carbocycles. The Bertz CT molecular complexity index is 1170. The molecule has 1 atom stereocenters. The van der Waals surface area contributed by atoms with E-state index in [9.17, 15) is 9.59 Å². The minimum absolute atomic E-state index is 0.0718. The Hall–Kier alpha value is -3.94. The molecule has 4 heterocycles. The number of hydrogen-bond acceptors (Lipinski definition) is 5. The summed E-state index contributed by atoms with van der Waals surface area (Å²) in [4.78, 5) is 36.2. The van der Waals surface area contributed by atoms with Gasteiger partial charge in [0.05, 0.1) is 17.3 Å². The number of carbonyl (C=O) groups excluding carboxylic acids is 2. The lowest BCUT2D eigenvalue weighted by molar-refractivity contribution is -0.121. The molecule has 0 bridgehead atoms. The number of urea groups is 1. The highest BCUT2D eigenvalue weighted by atomic mass is 16.2. The Morgan fingerprint density at radius 2 is 1.68 bits per heavy atom. The quantitative estimate of drug-likeness (QED) is 0.823. The molecule has 0 saturated carbocycles. The summed E-state index contributed by atoms with van der Waals surface area (Å²) in [5.41, 5.74) is 5.14. The first-order valence-corrected chi connectivity index (χ1v) is 10.4. The second-order valence-corrected chi connectivity index (χ2v) is 7.90. The van der Waals surface area contributed by atoms with E-state index < -0.39 is 0 Å². The van der Waals surface area contributed by atoms with E-state index in [1.165, 1.54) is 0 Å². The fraction of sp³-hybridized carbons (Fsp3) is 0.217. The number of nitrogens with zero attached hydrogens (tertiary/aromatic N) is 5. The standard InChI is InChI=1S/C23H20N6O2/c30-18-14-28-20(15-8-3-1-4-9-15)24-21-19(22(28)26-25-18)17-12-7-13-27(17)23(31)29(21)16-10-5-2-6-11-16/h1-6,8-11,17H,7,12-14H2,(H,25,30). The summed E-state index contributed by atoms with van der Waals surface area (Å²) < 4.78 is 0. The second-order valence-electron chi connectivity index (χ2n) is 7.90. The maximum absolute atomic E-state index is 13.5. The van der Waals surface area contributed by atoms with Gasteiger partial charge in [-0.2, -0.15) is 5.10 Å². The number of rotatable bonds is 2. The molecule has 6 rings (SSSR count). The van der Waals surface area contributed by atoms with Gasteiger partial charge in [-0.3, -0.25) is 9.69 Å². The van der Waals surface area contributed by atoms with E-state index in [0.717, 1.165) is 29.7 Å². The van der Waals surface area contributed by atoms with E-state index in [2.05, 4.69) is 10.5 Å². The molecule has 31 heavy (non-hydrogen) atoms. The number of carbonyl (C=O) groups is 2. The van der Waals surface area contributed by atoms with Crippen molar-refractivity contribution >= 4 is 29.3 Å². The molecule has 1 fully saturated rings. The Morgan fingerprint density at radius 1 is 0.935 bits per heavy atom. The van der Waals surface area contributed by atoms with Gasteiger partial charge < -0.3 is 4.90 Å². The van der Waals surface area contributed by atoms with Gasteiger partial charge in [0.1, 0.15) is 12.4 Å². The molecule has 0 radical (unpaired) electrons. The van der Waals surface area contributed by atoms with Gasteiger partial charge in [-0.25, -0.2) is 20.1 Å². The predicted molar refractivity (Wildman–Crippen MR) is 116 cm³/mol. The van der Waals surface area contributed by atoms with Crippen molar-refractivity contribution < 1.29 is 9.59 Å². The van der Waals surface area contributed by atoms with Crippen molar-refractivity contribution in [3.05, 3.63) is 77.6 Å². The Kier molecular flexibility index (Phi) is 3.92. The lowest BCUT2D eigenvalue weighted by Gasteiger charge is -2.44. The van der Waals surface area contributed by atoms with E-state index in [1.54, 1.807) is 4.90 Å². The molecule has 0 aromatic heterocycles. The van der Waals surface area contributed by atoms with Crippen LogP contribution >= 0.6 is 0 Å². The molecule has 2 aromatic carbocycles. The van der Waals surface area contributed by atoms with Crippen LogP contribution in [0.25, 0.3) is 0 Å². The lowest BCUT2D eigenvalue weighted by atomic mass is 9.97. The molecule has 8 heteroatoms. The summed E-state index contributed by atoms with van der Waals surface area (Å²) in [6.07, 6.45) is 1.77. The highest BCUT2D eigenvalue weighted by Gasteiger charge is 2.48. The molecule has 0 spiro atoms. The van der Waals surface area contributed by atoms with E-state index in [-0.39, 0.29) is 24.5 Å². The van der Waals surface area contributed by atoms with Crippen molar-refractivity contribution in [2.75, 3.05) is 18.0 Å². The smallest absolute Gasteiger partial charge is 0.317 e. The molecular formula is C23H20N6O2. The van der Waals surface area contributed by atoms with E-state index >= 15 is 0 Å². The van der Waals surface area contributed by atoms with Crippen LogP contribution in [0.4, 0.5) is 10.5 Å². The number of hydrazone groups is 1. The second kappa shape index (κ2) is 6.80.